The fourth-order valence-corrected chi connectivity index (χ4v) is 2.99. The van der Waals surface area contributed by atoms with E-state index in [2.05, 4.69) is 38.2 Å². The molecular formula is C14H23BrN4O2. The van der Waals surface area contributed by atoms with Crippen LogP contribution in [0, 0.1) is 0 Å². The number of hydrogen-bond donors (Lipinski definition) is 1. The van der Waals surface area contributed by atoms with Crippen LogP contribution in [-0.2, 0) is 11.3 Å². The molecule has 118 valence electrons. The molecule has 7 heteroatoms. The summed E-state index contributed by atoms with van der Waals surface area (Å²) in [5.74, 6) is 0. The van der Waals surface area contributed by atoms with Gasteiger partial charge in [0.2, 0.25) is 0 Å². The minimum Gasteiger partial charge on any atom is -0.383 e. The smallest absolute Gasteiger partial charge is 0.283 e. The summed E-state index contributed by atoms with van der Waals surface area (Å²) in [5, 5.41) is 7.55. The summed E-state index contributed by atoms with van der Waals surface area (Å²) in [7, 11) is 1.61. The van der Waals surface area contributed by atoms with Gasteiger partial charge in [0.25, 0.3) is 5.56 Å². The average molecular weight is 359 g/mol. The van der Waals surface area contributed by atoms with Gasteiger partial charge < -0.3 is 15.0 Å². The van der Waals surface area contributed by atoms with E-state index >= 15 is 0 Å². The predicted molar refractivity (Wildman–Crippen MR) is 86.8 cm³/mol. The maximum atomic E-state index is 12.2. The lowest BCUT2D eigenvalue weighted by Gasteiger charge is -2.22. The van der Waals surface area contributed by atoms with Gasteiger partial charge in [0, 0.05) is 19.7 Å². The fourth-order valence-electron chi connectivity index (χ4n) is 2.57. The van der Waals surface area contributed by atoms with Crippen molar-refractivity contribution in [2.75, 3.05) is 38.7 Å². The van der Waals surface area contributed by atoms with Gasteiger partial charge in [0.05, 0.1) is 25.0 Å². The van der Waals surface area contributed by atoms with Gasteiger partial charge in [-0.25, -0.2) is 4.68 Å². The number of anilines is 1. The van der Waals surface area contributed by atoms with E-state index in [4.69, 9.17) is 4.74 Å². The zero-order valence-electron chi connectivity index (χ0n) is 12.6. The van der Waals surface area contributed by atoms with Gasteiger partial charge in [-0.2, -0.15) is 5.10 Å². The van der Waals surface area contributed by atoms with Gasteiger partial charge >= 0.3 is 0 Å². The third-order valence-electron chi connectivity index (χ3n) is 3.62. The van der Waals surface area contributed by atoms with Crippen molar-refractivity contribution in [3.05, 3.63) is 21.0 Å². The van der Waals surface area contributed by atoms with Crippen LogP contribution in [0.1, 0.15) is 19.8 Å². The van der Waals surface area contributed by atoms with Crippen LogP contribution >= 0.6 is 15.9 Å². The molecule has 1 atom stereocenters. The van der Waals surface area contributed by atoms with Crippen LogP contribution < -0.4 is 10.9 Å². The number of methoxy groups -OCH3 is 1. The molecule has 1 aliphatic rings. The molecule has 0 aromatic carbocycles. The average Bonchev–Trinajstić information content (AvgIpc) is 2.96. The van der Waals surface area contributed by atoms with E-state index in [1.54, 1.807) is 13.3 Å². The quantitative estimate of drug-likeness (QED) is 0.801. The lowest BCUT2D eigenvalue weighted by Crippen LogP contribution is -2.34. The van der Waals surface area contributed by atoms with Crippen LogP contribution in [0.15, 0.2) is 15.5 Å². The standard InChI is InChI=1S/C14H23BrN4O2/c1-11(10-18-5-3-4-6-18)17-12-9-16-19(7-8-21-2)14(20)13(12)15/h9,11,17H,3-8,10H2,1-2H3. The molecule has 6 nitrogen and oxygen atoms in total. The predicted octanol–water partition coefficient (Wildman–Crippen LogP) is 1.55. The molecule has 1 saturated heterocycles. The third kappa shape index (κ3) is 4.52. The van der Waals surface area contributed by atoms with Gasteiger partial charge in [0.15, 0.2) is 0 Å². The fraction of sp³-hybridized carbons (Fsp3) is 0.714. The second-order valence-electron chi connectivity index (χ2n) is 5.45. The Bertz CT molecular complexity index is 514. The van der Waals surface area contributed by atoms with Crippen molar-refractivity contribution < 1.29 is 4.74 Å². The lowest BCUT2D eigenvalue weighted by molar-refractivity contribution is 0.181. The number of ether oxygens (including phenoxy) is 1. The molecule has 1 fully saturated rings. The number of likely N-dealkylation sites (tertiary alicyclic amines) is 1. The Hall–Kier alpha value is -0.920. The number of halogens is 1. The summed E-state index contributed by atoms with van der Waals surface area (Å²) in [5.41, 5.74) is 0.616. The molecule has 0 bridgehead atoms. The number of hydrogen-bond acceptors (Lipinski definition) is 5. The molecule has 1 unspecified atom stereocenters. The van der Waals surface area contributed by atoms with Gasteiger partial charge in [-0.05, 0) is 48.8 Å². The Morgan fingerprint density at radius 2 is 2.19 bits per heavy atom. The van der Waals surface area contributed by atoms with E-state index < -0.39 is 0 Å². The normalized spacial score (nSPS) is 17.1. The molecule has 1 N–H and O–H groups in total. The first kappa shape index (κ1) is 16.5. The molecule has 0 aliphatic carbocycles. The Labute approximate surface area is 133 Å². The van der Waals surface area contributed by atoms with E-state index in [1.165, 1.54) is 30.6 Å². The minimum absolute atomic E-state index is 0.134. The van der Waals surface area contributed by atoms with Crippen molar-refractivity contribution in [2.45, 2.75) is 32.4 Å². The second kappa shape index (κ2) is 7.91. The van der Waals surface area contributed by atoms with Crippen LogP contribution in [0.5, 0.6) is 0 Å². The molecule has 0 spiro atoms. The molecule has 0 saturated carbocycles. The summed E-state index contributed by atoms with van der Waals surface area (Å²) < 4.78 is 6.91. The van der Waals surface area contributed by atoms with E-state index in [-0.39, 0.29) is 11.6 Å². The molecule has 0 amide bonds. The molecule has 0 radical (unpaired) electrons. The zero-order chi connectivity index (χ0) is 15.2. The van der Waals surface area contributed by atoms with Gasteiger partial charge in [-0.1, -0.05) is 0 Å². The van der Waals surface area contributed by atoms with Crippen LogP contribution in [0.4, 0.5) is 5.69 Å². The number of nitrogens with zero attached hydrogens (tertiary/aromatic N) is 3. The molecule has 1 aromatic rings. The molecule has 2 rings (SSSR count). The first-order valence-electron chi connectivity index (χ1n) is 7.35. The number of rotatable bonds is 7. The third-order valence-corrected chi connectivity index (χ3v) is 4.39. The van der Waals surface area contributed by atoms with Crippen molar-refractivity contribution in [3.8, 4) is 0 Å². The maximum absolute atomic E-state index is 12.2. The summed E-state index contributed by atoms with van der Waals surface area (Å²) in [6.07, 6.45) is 4.27. The van der Waals surface area contributed by atoms with Crippen molar-refractivity contribution in [1.29, 1.82) is 0 Å². The van der Waals surface area contributed by atoms with Gasteiger partial charge in [0.1, 0.15) is 4.47 Å². The molecule has 1 aliphatic heterocycles. The number of nitrogens with one attached hydrogen (secondary N) is 1. The van der Waals surface area contributed by atoms with Gasteiger partial charge in [-0.15, -0.1) is 0 Å². The highest BCUT2D eigenvalue weighted by Gasteiger charge is 2.16. The highest BCUT2D eigenvalue weighted by atomic mass is 79.9. The Kier molecular flexibility index (Phi) is 6.20. The van der Waals surface area contributed by atoms with E-state index in [9.17, 15) is 4.79 Å². The monoisotopic (exact) mass is 358 g/mol. The zero-order valence-corrected chi connectivity index (χ0v) is 14.2. The van der Waals surface area contributed by atoms with Crippen LogP contribution in [-0.4, -0.2) is 54.1 Å². The maximum Gasteiger partial charge on any atom is 0.283 e. The van der Waals surface area contributed by atoms with E-state index in [0.29, 0.717) is 17.6 Å². The van der Waals surface area contributed by atoms with Crippen LogP contribution in [0.2, 0.25) is 0 Å². The van der Waals surface area contributed by atoms with Crippen LogP contribution in [0.25, 0.3) is 0 Å². The van der Waals surface area contributed by atoms with Crippen molar-refractivity contribution in [1.82, 2.24) is 14.7 Å². The SMILES string of the molecule is COCCn1ncc(NC(C)CN2CCCC2)c(Br)c1=O. The van der Waals surface area contributed by atoms with Crippen molar-refractivity contribution in [3.63, 3.8) is 0 Å². The summed E-state index contributed by atoms with van der Waals surface area (Å²) in [4.78, 5) is 14.6. The highest BCUT2D eigenvalue weighted by Crippen LogP contribution is 2.18. The first-order valence-corrected chi connectivity index (χ1v) is 8.14. The van der Waals surface area contributed by atoms with Crippen LogP contribution in [0.3, 0.4) is 0 Å². The second-order valence-corrected chi connectivity index (χ2v) is 6.24. The topological polar surface area (TPSA) is 59.4 Å². The molecular weight excluding hydrogens is 336 g/mol. The first-order chi connectivity index (χ1) is 10.1. The van der Waals surface area contributed by atoms with Gasteiger partial charge in [-0.3, -0.25) is 4.79 Å². The molecule has 21 heavy (non-hydrogen) atoms. The highest BCUT2D eigenvalue weighted by molar-refractivity contribution is 9.10. The van der Waals surface area contributed by atoms with E-state index in [1.807, 2.05) is 0 Å². The lowest BCUT2D eigenvalue weighted by atomic mass is 10.3. The summed E-state index contributed by atoms with van der Waals surface area (Å²) >= 11 is 3.37. The largest absolute Gasteiger partial charge is 0.383 e. The summed E-state index contributed by atoms with van der Waals surface area (Å²) in [6.45, 7) is 6.38. The van der Waals surface area contributed by atoms with Crippen molar-refractivity contribution >= 4 is 21.6 Å². The Morgan fingerprint density at radius 3 is 2.86 bits per heavy atom. The minimum atomic E-state index is -0.134. The molecule has 2 heterocycles. The van der Waals surface area contributed by atoms with E-state index in [0.717, 1.165) is 12.2 Å². The Balaban J connectivity index is 1.99. The van der Waals surface area contributed by atoms with Crippen molar-refractivity contribution in [2.24, 2.45) is 0 Å². The Morgan fingerprint density at radius 1 is 1.48 bits per heavy atom. The summed E-state index contributed by atoms with van der Waals surface area (Å²) in [6, 6.07) is 0.274. The number of aromatic nitrogens is 2. The molecule has 1 aromatic heterocycles.